The summed E-state index contributed by atoms with van der Waals surface area (Å²) in [5.74, 6) is -0.374. The van der Waals surface area contributed by atoms with Crippen LogP contribution in [0.25, 0.3) is 0 Å². The van der Waals surface area contributed by atoms with Crippen molar-refractivity contribution in [2.45, 2.75) is 96.6 Å². The number of phosphoric acid groups is 1. The highest BCUT2D eigenvalue weighted by atomic mass is 31.2. The van der Waals surface area contributed by atoms with Gasteiger partial charge in [0, 0.05) is 6.92 Å². The molecule has 0 aliphatic heterocycles. The Morgan fingerprint density at radius 2 is 1.48 bits per heavy atom. The number of carbonyl (C=O) groups excluding carboxylic acids is 1. The maximum absolute atomic E-state index is 11.2. The van der Waals surface area contributed by atoms with Gasteiger partial charge in [-0.2, -0.15) is 0 Å². The van der Waals surface area contributed by atoms with E-state index in [1.54, 1.807) is 0 Å². The van der Waals surface area contributed by atoms with E-state index in [1.165, 1.54) is 51.9 Å². The van der Waals surface area contributed by atoms with E-state index in [-0.39, 0.29) is 5.91 Å². The molecule has 0 unspecified atom stereocenters. The molecule has 0 fully saturated rings. The van der Waals surface area contributed by atoms with Crippen LogP contribution in [0.4, 0.5) is 0 Å². The third-order valence-corrected chi connectivity index (χ3v) is 4.61. The third-order valence-electron chi connectivity index (χ3n) is 4.13. The average Bonchev–Trinajstić information content (AvgIpc) is 2.51. The lowest BCUT2D eigenvalue weighted by Gasteiger charge is -2.23. The van der Waals surface area contributed by atoms with Crippen molar-refractivity contribution in [2.24, 2.45) is 0 Å². The summed E-state index contributed by atoms with van der Waals surface area (Å²) in [4.78, 5) is 28.6. The second-order valence-corrected chi connectivity index (χ2v) is 7.87. The van der Waals surface area contributed by atoms with Crippen LogP contribution in [0.3, 0.4) is 0 Å². The van der Waals surface area contributed by atoms with Crippen LogP contribution in [-0.4, -0.2) is 39.6 Å². The van der Waals surface area contributed by atoms with E-state index in [4.69, 9.17) is 9.79 Å². The molecule has 25 heavy (non-hydrogen) atoms. The SMILES string of the molecule is CCCCCCCCCCCC[C@@H](O)[C@H](COP(=O)(O)O)NC(C)=O. The lowest BCUT2D eigenvalue weighted by molar-refractivity contribution is -0.121. The summed E-state index contributed by atoms with van der Waals surface area (Å²) in [5, 5.41) is 12.6. The minimum atomic E-state index is -4.62. The second kappa shape index (κ2) is 14.7. The van der Waals surface area contributed by atoms with Gasteiger partial charge in [0.25, 0.3) is 0 Å². The summed E-state index contributed by atoms with van der Waals surface area (Å²) in [6.45, 7) is 3.09. The fourth-order valence-electron chi connectivity index (χ4n) is 2.73. The van der Waals surface area contributed by atoms with Crippen LogP contribution in [0.1, 0.15) is 84.5 Å². The maximum atomic E-state index is 11.2. The lowest BCUT2D eigenvalue weighted by atomic mass is 10.0. The first-order valence-corrected chi connectivity index (χ1v) is 10.9. The van der Waals surface area contributed by atoms with E-state index in [0.717, 1.165) is 19.3 Å². The van der Waals surface area contributed by atoms with Gasteiger partial charge in [0.15, 0.2) is 0 Å². The van der Waals surface area contributed by atoms with Crippen LogP contribution in [0, 0.1) is 0 Å². The quantitative estimate of drug-likeness (QED) is 0.241. The number of rotatable bonds is 16. The summed E-state index contributed by atoms with van der Waals surface area (Å²) in [6, 6.07) is -0.816. The number of amides is 1. The first-order chi connectivity index (χ1) is 11.8. The highest BCUT2D eigenvalue weighted by molar-refractivity contribution is 7.46. The monoisotopic (exact) mass is 381 g/mol. The van der Waals surface area contributed by atoms with E-state index < -0.39 is 26.6 Å². The van der Waals surface area contributed by atoms with Gasteiger partial charge in [0.2, 0.25) is 5.91 Å². The molecule has 0 spiro atoms. The Morgan fingerprint density at radius 3 is 1.92 bits per heavy atom. The van der Waals surface area contributed by atoms with E-state index in [0.29, 0.717) is 6.42 Å². The summed E-state index contributed by atoms with van der Waals surface area (Å²) in [5.41, 5.74) is 0. The summed E-state index contributed by atoms with van der Waals surface area (Å²) < 4.78 is 15.2. The number of phosphoric ester groups is 1. The molecular formula is C17H36NO6P. The zero-order valence-electron chi connectivity index (χ0n) is 15.7. The van der Waals surface area contributed by atoms with Gasteiger partial charge in [-0.05, 0) is 6.42 Å². The van der Waals surface area contributed by atoms with Crippen molar-refractivity contribution in [3.05, 3.63) is 0 Å². The predicted octanol–water partition coefficient (Wildman–Crippen LogP) is 3.27. The van der Waals surface area contributed by atoms with Gasteiger partial charge in [-0.25, -0.2) is 4.57 Å². The normalized spacial score (nSPS) is 14.3. The van der Waals surface area contributed by atoms with Crippen molar-refractivity contribution in [1.82, 2.24) is 5.32 Å². The molecule has 150 valence electrons. The van der Waals surface area contributed by atoms with Gasteiger partial charge in [-0.1, -0.05) is 71.1 Å². The van der Waals surface area contributed by atoms with Gasteiger partial charge >= 0.3 is 7.82 Å². The Balaban J connectivity index is 3.84. The van der Waals surface area contributed by atoms with Crippen LogP contribution in [0.2, 0.25) is 0 Å². The minimum Gasteiger partial charge on any atom is -0.391 e. The molecule has 0 saturated heterocycles. The van der Waals surface area contributed by atoms with Crippen molar-refractivity contribution in [3.63, 3.8) is 0 Å². The highest BCUT2D eigenvalue weighted by Crippen LogP contribution is 2.35. The zero-order chi connectivity index (χ0) is 19.1. The van der Waals surface area contributed by atoms with E-state index in [2.05, 4.69) is 16.8 Å². The second-order valence-electron chi connectivity index (χ2n) is 6.63. The number of unbranched alkanes of at least 4 members (excludes halogenated alkanes) is 9. The highest BCUT2D eigenvalue weighted by Gasteiger charge is 2.24. The largest absolute Gasteiger partial charge is 0.469 e. The van der Waals surface area contributed by atoms with Crippen molar-refractivity contribution >= 4 is 13.7 Å². The van der Waals surface area contributed by atoms with Crippen molar-refractivity contribution in [2.75, 3.05) is 6.61 Å². The Morgan fingerprint density at radius 1 is 1.00 bits per heavy atom. The molecule has 0 saturated carbocycles. The van der Waals surface area contributed by atoms with Crippen molar-refractivity contribution in [3.8, 4) is 0 Å². The number of hydrogen-bond donors (Lipinski definition) is 4. The molecule has 4 N–H and O–H groups in total. The Kier molecular flexibility index (Phi) is 14.4. The molecule has 0 aromatic rings. The molecule has 8 heteroatoms. The first-order valence-electron chi connectivity index (χ1n) is 9.41. The van der Waals surface area contributed by atoms with E-state index >= 15 is 0 Å². The van der Waals surface area contributed by atoms with Gasteiger partial charge in [0.1, 0.15) is 0 Å². The Hall–Kier alpha value is -0.460. The third kappa shape index (κ3) is 16.7. The van der Waals surface area contributed by atoms with Gasteiger partial charge in [0.05, 0.1) is 18.8 Å². The zero-order valence-corrected chi connectivity index (χ0v) is 16.5. The molecule has 0 radical (unpaired) electrons. The average molecular weight is 381 g/mol. The number of carbonyl (C=O) groups is 1. The van der Waals surface area contributed by atoms with Crippen LogP contribution in [-0.2, 0) is 13.9 Å². The number of aliphatic hydroxyl groups is 1. The van der Waals surface area contributed by atoms with Crippen LogP contribution < -0.4 is 5.32 Å². The minimum absolute atomic E-state index is 0.374. The fourth-order valence-corrected chi connectivity index (χ4v) is 3.08. The van der Waals surface area contributed by atoms with Gasteiger partial charge in [-0.15, -0.1) is 0 Å². The molecule has 0 aromatic heterocycles. The van der Waals surface area contributed by atoms with Crippen LogP contribution in [0.5, 0.6) is 0 Å². The number of nitrogens with one attached hydrogen (secondary N) is 1. The van der Waals surface area contributed by atoms with Crippen molar-refractivity contribution < 1.29 is 28.8 Å². The van der Waals surface area contributed by atoms with Gasteiger partial charge in [-0.3, -0.25) is 9.32 Å². The van der Waals surface area contributed by atoms with E-state index in [9.17, 15) is 14.5 Å². The molecule has 0 aromatic carbocycles. The molecule has 1 amide bonds. The topological polar surface area (TPSA) is 116 Å². The predicted molar refractivity (Wildman–Crippen MR) is 98.1 cm³/mol. The molecular weight excluding hydrogens is 345 g/mol. The van der Waals surface area contributed by atoms with Gasteiger partial charge < -0.3 is 20.2 Å². The van der Waals surface area contributed by atoms with Crippen molar-refractivity contribution in [1.29, 1.82) is 0 Å². The smallest absolute Gasteiger partial charge is 0.391 e. The lowest BCUT2D eigenvalue weighted by Crippen LogP contribution is -2.45. The molecule has 0 heterocycles. The van der Waals surface area contributed by atoms with Crippen LogP contribution >= 0.6 is 7.82 Å². The molecule has 0 bridgehead atoms. The van der Waals surface area contributed by atoms with Crippen LogP contribution in [0.15, 0.2) is 0 Å². The molecule has 0 aliphatic rings. The molecule has 0 rings (SSSR count). The Labute approximate surface area is 151 Å². The standard InChI is InChI=1S/C17H36NO6P/c1-3-4-5-6-7-8-9-10-11-12-13-17(20)16(18-15(2)19)14-24-25(21,22)23/h16-17,20H,3-14H2,1-2H3,(H,18,19)(H2,21,22,23)/t16-,17+/m0/s1. The fraction of sp³-hybridized carbons (Fsp3) is 0.941. The van der Waals surface area contributed by atoms with E-state index in [1.807, 2.05) is 0 Å². The summed E-state index contributed by atoms with van der Waals surface area (Å²) in [6.07, 6.45) is 11.4. The summed E-state index contributed by atoms with van der Waals surface area (Å²) >= 11 is 0. The number of hydrogen-bond acceptors (Lipinski definition) is 4. The maximum Gasteiger partial charge on any atom is 0.469 e. The number of aliphatic hydroxyl groups excluding tert-OH is 1. The molecule has 7 nitrogen and oxygen atoms in total. The molecule has 2 atom stereocenters. The first kappa shape index (κ1) is 24.5. The summed E-state index contributed by atoms with van der Waals surface area (Å²) in [7, 11) is -4.62. The Bertz CT molecular complexity index is 387. The molecule has 0 aliphatic carbocycles.